The molecule has 0 spiro atoms. The molecule has 0 bridgehead atoms. The van der Waals surface area contributed by atoms with Gasteiger partial charge in [0.05, 0.1) is 0 Å². The number of aryl methyl sites for hydroxylation is 1. The second-order valence-corrected chi connectivity index (χ2v) is 6.52. The van der Waals surface area contributed by atoms with Gasteiger partial charge in [-0.05, 0) is 52.0 Å². The zero-order chi connectivity index (χ0) is 15.6. The van der Waals surface area contributed by atoms with Crippen LogP contribution in [0.25, 0.3) is 11.3 Å². The maximum atomic E-state index is 11.9. The van der Waals surface area contributed by atoms with E-state index in [-0.39, 0.29) is 0 Å². The first-order valence-electron chi connectivity index (χ1n) is 6.48. The molecule has 0 unspecified atom stereocenters. The number of carbonyl (C=O) groups excluding carboxylic acids is 1. The first kappa shape index (κ1) is 15.6. The van der Waals surface area contributed by atoms with E-state index in [9.17, 15) is 4.79 Å². The minimum Gasteiger partial charge on any atom is -0.444 e. The summed E-state index contributed by atoms with van der Waals surface area (Å²) in [5.74, 6) is 0.505. The minimum atomic E-state index is -0.563. The van der Waals surface area contributed by atoms with Gasteiger partial charge in [0.1, 0.15) is 17.0 Å². The van der Waals surface area contributed by atoms with E-state index in [1.165, 1.54) is 0 Å². The number of nitrogens with one attached hydrogen (secondary N) is 1. The number of halogens is 1. The molecule has 112 valence electrons. The number of carbonyl (C=O) groups is 1. The molecule has 0 radical (unpaired) electrons. The van der Waals surface area contributed by atoms with Gasteiger partial charge >= 0.3 is 6.09 Å². The molecule has 0 saturated heterocycles. The van der Waals surface area contributed by atoms with Crippen LogP contribution in [0.4, 0.5) is 10.5 Å². The highest BCUT2D eigenvalue weighted by Gasteiger charge is 2.21. The van der Waals surface area contributed by atoms with E-state index in [2.05, 4.69) is 26.4 Å². The number of amides is 1. The average molecular weight is 353 g/mol. The Morgan fingerprint density at radius 2 is 1.90 bits per heavy atom. The van der Waals surface area contributed by atoms with E-state index >= 15 is 0 Å². The van der Waals surface area contributed by atoms with E-state index in [0.29, 0.717) is 17.1 Å². The van der Waals surface area contributed by atoms with Gasteiger partial charge in [0.2, 0.25) is 0 Å². The summed E-state index contributed by atoms with van der Waals surface area (Å²) in [6, 6.07) is 7.55. The van der Waals surface area contributed by atoms with Crippen molar-refractivity contribution in [3.8, 4) is 11.3 Å². The Morgan fingerprint density at radius 3 is 2.48 bits per heavy atom. The maximum absolute atomic E-state index is 11.9. The van der Waals surface area contributed by atoms with Gasteiger partial charge in [0, 0.05) is 10.0 Å². The molecule has 6 heteroatoms. The van der Waals surface area contributed by atoms with Crippen molar-refractivity contribution in [2.45, 2.75) is 33.3 Å². The number of rotatable bonds is 2. The Hall–Kier alpha value is -1.82. The molecule has 21 heavy (non-hydrogen) atoms. The topological polar surface area (TPSA) is 64.4 Å². The maximum Gasteiger partial charge on any atom is 0.412 e. The van der Waals surface area contributed by atoms with Gasteiger partial charge in [0.25, 0.3) is 0 Å². The summed E-state index contributed by atoms with van der Waals surface area (Å²) in [6.07, 6.45) is -0.535. The van der Waals surface area contributed by atoms with E-state index in [1.807, 2.05) is 45.0 Å². The Bertz CT molecular complexity index is 642. The van der Waals surface area contributed by atoms with Crippen LogP contribution in [-0.4, -0.2) is 16.9 Å². The van der Waals surface area contributed by atoms with E-state index in [1.54, 1.807) is 6.92 Å². The fourth-order valence-corrected chi connectivity index (χ4v) is 1.99. The van der Waals surface area contributed by atoms with Crippen LogP contribution in [0.1, 0.15) is 26.5 Å². The van der Waals surface area contributed by atoms with Gasteiger partial charge in [0.15, 0.2) is 5.76 Å². The summed E-state index contributed by atoms with van der Waals surface area (Å²) in [5.41, 5.74) is 1.38. The SMILES string of the molecule is Cc1noc(-c2ccc(Br)cc2)c1NC(=O)OC(C)(C)C. The lowest BCUT2D eigenvalue weighted by atomic mass is 10.1. The molecule has 0 aliphatic heterocycles. The third-order valence-corrected chi connectivity index (χ3v) is 3.12. The molecule has 0 aliphatic carbocycles. The van der Waals surface area contributed by atoms with Crippen LogP contribution in [0.15, 0.2) is 33.3 Å². The van der Waals surface area contributed by atoms with Gasteiger partial charge in [-0.2, -0.15) is 0 Å². The minimum absolute atomic E-state index is 0.505. The van der Waals surface area contributed by atoms with Crippen molar-refractivity contribution in [2.24, 2.45) is 0 Å². The van der Waals surface area contributed by atoms with Gasteiger partial charge < -0.3 is 9.26 Å². The van der Waals surface area contributed by atoms with E-state index < -0.39 is 11.7 Å². The summed E-state index contributed by atoms with van der Waals surface area (Å²) >= 11 is 3.38. The molecular weight excluding hydrogens is 336 g/mol. The van der Waals surface area contributed by atoms with Gasteiger partial charge in [-0.1, -0.05) is 21.1 Å². The molecule has 0 aliphatic rings. The molecular formula is C15H17BrN2O3. The van der Waals surface area contributed by atoms with Crippen molar-refractivity contribution in [2.75, 3.05) is 5.32 Å². The number of ether oxygens (including phenoxy) is 1. The Balaban J connectivity index is 2.26. The first-order chi connectivity index (χ1) is 9.76. The number of benzene rings is 1. The number of nitrogens with zero attached hydrogens (tertiary/aromatic N) is 1. The average Bonchev–Trinajstić information content (AvgIpc) is 2.70. The Labute approximate surface area is 131 Å². The van der Waals surface area contributed by atoms with Crippen LogP contribution in [0, 0.1) is 6.92 Å². The molecule has 1 amide bonds. The normalized spacial score (nSPS) is 11.3. The molecule has 0 atom stereocenters. The summed E-state index contributed by atoms with van der Waals surface area (Å²) in [5, 5.41) is 6.61. The van der Waals surface area contributed by atoms with Crippen molar-refractivity contribution in [1.29, 1.82) is 0 Å². The number of hydrogen-bond donors (Lipinski definition) is 1. The summed E-state index contributed by atoms with van der Waals surface area (Å²) in [4.78, 5) is 11.9. The zero-order valence-electron chi connectivity index (χ0n) is 12.4. The van der Waals surface area contributed by atoms with Gasteiger partial charge in [-0.25, -0.2) is 4.79 Å². The van der Waals surface area contributed by atoms with Crippen LogP contribution in [0.5, 0.6) is 0 Å². The predicted octanol–water partition coefficient (Wildman–Crippen LogP) is 4.76. The molecule has 2 rings (SSSR count). The predicted molar refractivity (Wildman–Crippen MR) is 84.2 cm³/mol. The third-order valence-electron chi connectivity index (χ3n) is 2.60. The molecule has 0 saturated carbocycles. The van der Waals surface area contributed by atoms with Crippen molar-refractivity contribution < 1.29 is 14.1 Å². The number of aromatic nitrogens is 1. The molecule has 1 heterocycles. The molecule has 0 fully saturated rings. The number of anilines is 1. The van der Waals surface area contributed by atoms with E-state index in [0.717, 1.165) is 10.0 Å². The second-order valence-electron chi connectivity index (χ2n) is 5.61. The lowest BCUT2D eigenvalue weighted by Gasteiger charge is -2.19. The fourth-order valence-electron chi connectivity index (χ4n) is 1.72. The fraction of sp³-hybridized carbons (Fsp3) is 0.333. The standard InChI is InChI=1S/C15H17BrN2O3/c1-9-12(17-14(19)20-15(2,3)4)13(21-18-9)10-5-7-11(16)8-6-10/h5-8H,1-4H3,(H,17,19). The zero-order valence-corrected chi connectivity index (χ0v) is 13.9. The number of hydrogen-bond acceptors (Lipinski definition) is 4. The monoisotopic (exact) mass is 352 g/mol. The smallest absolute Gasteiger partial charge is 0.412 e. The summed E-state index contributed by atoms with van der Waals surface area (Å²) in [7, 11) is 0. The quantitative estimate of drug-likeness (QED) is 0.845. The Kier molecular flexibility index (Phi) is 4.37. The van der Waals surface area contributed by atoms with Crippen molar-refractivity contribution in [1.82, 2.24) is 5.16 Å². The van der Waals surface area contributed by atoms with Crippen molar-refractivity contribution in [3.05, 3.63) is 34.4 Å². The summed E-state index contributed by atoms with van der Waals surface area (Å²) < 4.78 is 11.5. The molecule has 1 aromatic heterocycles. The largest absolute Gasteiger partial charge is 0.444 e. The highest BCUT2D eigenvalue weighted by Crippen LogP contribution is 2.31. The Morgan fingerprint density at radius 1 is 1.29 bits per heavy atom. The van der Waals surface area contributed by atoms with Crippen molar-refractivity contribution >= 4 is 27.7 Å². The van der Waals surface area contributed by atoms with Crippen LogP contribution in [-0.2, 0) is 4.74 Å². The van der Waals surface area contributed by atoms with Crippen LogP contribution in [0.2, 0.25) is 0 Å². The molecule has 1 aromatic carbocycles. The van der Waals surface area contributed by atoms with Crippen molar-refractivity contribution in [3.63, 3.8) is 0 Å². The molecule has 1 N–H and O–H groups in total. The molecule has 5 nitrogen and oxygen atoms in total. The molecule has 2 aromatic rings. The lowest BCUT2D eigenvalue weighted by Crippen LogP contribution is -2.27. The lowest BCUT2D eigenvalue weighted by molar-refractivity contribution is 0.0636. The van der Waals surface area contributed by atoms with E-state index in [4.69, 9.17) is 9.26 Å². The second kappa shape index (κ2) is 5.89. The summed E-state index contributed by atoms with van der Waals surface area (Å²) in [6.45, 7) is 7.19. The van der Waals surface area contributed by atoms with Crippen LogP contribution in [0.3, 0.4) is 0 Å². The van der Waals surface area contributed by atoms with Crippen LogP contribution < -0.4 is 5.32 Å². The van der Waals surface area contributed by atoms with Crippen LogP contribution >= 0.6 is 15.9 Å². The third kappa shape index (κ3) is 4.07. The van der Waals surface area contributed by atoms with Gasteiger partial charge in [-0.15, -0.1) is 0 Å². The highest BCUT2D eigenvalue weighted by atomic mass is 79.9. The highest BCUT2D eigenvalue weighted by molar-refractivity contribution is 9.10. The van der Waals surface area contributed by atoms with Gasteiger partial charge in [-0.3, -0.25) is 5.32 Å². The first-order valence-corrected chi connectivity index (χ1v) is 7.28.